The number of anilines is 1. The van der Waals surface area contributed by atoms with Crippen LogP contribution >= 0.6 is 11.6 Å². The predicted octanol–water partition coefficient (Wildman–Crippen LogP) is 3.62. The van der Waals surface area contributed by atoms with Crippen LogP contribution in [0.4, 0.5) is 11.4 Å². The van der Waals surface area contributed by atoms with Crippen LogP contribution in [0.1, 0.15) is 27.2 Å². The van der Waals surface area contributed by atoms with Crippen LogP contribution in [-0.2, 0) is 4.79 Å². The van der Waals surface area contributed by atoms with E-state index in [2.05, 4.69) is 5.32 Å². The van der Waals surface area contributed by atoms with Crippen molar-refractivity contribution in [2.24, 2.45) is 5.41 Å². The molecule has 0 aromatic heterocycles. The Morgan fingerprint density at radius 2 is 2.11 bits per heavy atom. The van der Waals surface area contributed by atoms with E-state index in [1.54, 1.807) is 0 Å². The van der Waals surface area contributed by atoms with Gasteiger partial charge in [0.05, 0.1) is 15.6 Å². The molecule has 1 aromatic rings. The van der Waals surface area contributed by atoms with Crippen LogP contribution in [0.3, 0.4) is 0 Å². The number of amides is 1. The lowest BCUT2D eigenvalue weighted by Crippen LogP contribution is -2.30. The monoisotopic (exact) mass is 270 g/mol. The topological polar surface area (TPSA) is 72.2 Å². The molecule has 0 radical (unpaired) electrons. The molecule has 6 heteroatoms. The van der Waals surface area contributed by atoms with E-state index in [1.807, 2.05) is 20.8 Å². The molecule has 0 bridgehead atoms. The normalized spacial score (nSPS) is 11.1. The number of hydrogen-bond acceptors (Lipinski definition) is 3. The Morgan fingerprint density at radius 1 is 1.50 bits per heavy atom. The number of rotatable bonds is 4. The number of benzene rings is 1. The van der Waals surface area contributed by atoms with Crippen molar-refractivity contribution in [2.45, 2.75) is 27.2 Å². The molecule has 0 aliphatic heterocycles. The standard InChI is InChI=1S/C12H15ClN2O3/c1-4-12(2,3)11(16)14-10-6-5-8(15(17)18)7-9(10)13/h5-7H,4H2,1-3H3,(H,14,16). The molecule has 1 aromatic carbocycles. The summed E-state index contributed by atoms with van der Waals surface area (Å²) in [6.45, 7) is 5.56. The molecule has 0 aliphatic carbocycles. The molecule has 18 heavy (non-hydrogen) atoms. The third kappa shape index (κ3) is 3.20. The molecule has 1 rings (SSSR count). The average Bonchev–Trinajstić information content (AvgIpc) is 2.31. The van der Waals surface area contributed by atoms with Crippen molar-refractivity contribution < 1.29 is 9.72 Å². The van der Waals surface area contributed by atoms with Crippen LogP contribution in [0.15, 0.2) is 18.2 Å². The Hall–Kier alpha value is -1.62. The Bertz CT molecular complexity index is 486. The SMILES string of the molecule is CCC(C)(C)C(=O)Nc1ccc([N+](=O)[O-])cc1Cl. The summed E-state index contributed by atoms with van der Waals surface area (Å²) in [4.78, 5) is 22.0. The van der Waals surface area contributed by atoms with Crippen molar-refractivity contribution >= 4 is 28.9 Å². The van der Waals surface area contributed by atoms with Gasteiger partial charge < -0.3 is 5.32 Å². The Morgan fingerprint density at radius 3 is 2.56 bits per heavy atom. The second-order valence-corrected chi connectivity index (χ2v) is 5.02. The maximum absolute atomic E-state index is 11.9. The minimum absolute atomic E-state index is 0.104. The molecular weight excluding hydrogens is 256 g/mol. The summed E-state index contributed by atoms with van der Waals surface area (Å²) in [5.41, 5.74) is -0.230. The molecule has 0 fully saturated rings. The average molecular weight is 271 g/mol. The lowest BCUT2D eigenvalue weighted by Gasteiger charge is -2.21. The molecule has 1 amide bonds. The van der Waals surface area contributed by atoms with E-state index in [4.69, 9.17) is 11.6 Å². The summed E-state index contributed by atoms with van der Waals surface area (Å²) >= 11 is 5.89. The zero-order valence-corrected chi connectivity index (χ0v) is 11.2. The number of carbonyl (C=O) groups excluding carboxylic acids is 1. The Kier molecular flexibility index (Phi) is 4.29. The fraction of sp³-hybridized carbons (Fsp3) is 0.417. The molecule has 0 saturated heterocycles. The highest BCUT2D eigenvalue weighted by molar-refractivity contribution is 6.34. The van der Waals surface area contributed by atoms with Gasteiger partial charge in [-0.2, -0.15) is 0 Å². The van der Waals surface area contributed by atoms with Gasteiger partial charge in [0, 0.05) is 17.5 Å². The Balaban J connectivity index is 2.93. The van der Waals surface area contributed by atoms with Gasteiger partial charge in [-0.1, -0.05) is 32.4 Å². The second kappa shape index (κ2) is 5.35. The Labute approximate surface area is 110 Å². The van der Waals surface area contributed by atoms with Crippen molar-refractivity contribution in [1.82, 2.24) is 0 Å². The van der Waals surface area contributed by atoms with E-state index in [1.165, 1.54) is 18.2 Å². The molecule has 0 heterocycles. The van der Waals surface area contributed by atoms with Crippen molar-refractivity contribution in [1.29, 1.82) is 0 Å². The molecule has 0 spiro atoms. The van der Waals surface area contributed by atoms with E-state index in [0.717, 1.165) is 0 Å². The highest BCUT2D eigenvalue weighted by atomic mass is 35.5. The van der Waals surface area contributed by atoms with Crippen molar-refractivity contribution in [3.63, 3.8) is 0 Å². The van der Waals surface area contributed by atoms with Gasteiger partial charge in [-0.25, -0.2) is 0 Å². The van der Waals surface area contributed by atoms with Gasteiger partial charge in [0.25, 0.3) is 5.69 Å². The van der Waals surface area contributed by atoms with Crippen LogP contribution in [0.5, 0.6) is 0 Å². The van der Waals surface area contributed by atoms with Gasteiger partial charge in [-0.05, 0) is 12.5 Å². The maximum Gasteiger partial charge on any atom is 0.271 e. The molecule has 0 aliphatic rings. The number of nitro groups is 1. The van der Waals surface area contributed by atoms with Crippen molar-refractivity contribution in [3.8, 4) is 0 Å². The number of halogens is 1. The number of carbonyl (C=O) groups is 1. The molecule has 98 valence electrons. The summed E-state index contributed by atoms with van der Waals surface area (Å²) in [6.07, 6.45) is 0.684. The van der Waals surface area contributed by atoms with E-state index in [-0.39, 0.29) is 16.6 Å². The maximum atomic E-state index is 11.9. The van der Waals surface area contributed by atoms with Gasteiger partial charge in [0.15, 0.2) is 0 Å². The minimum atomic E-state index is -0.534. The zero-order valence-electron chi connectivity index (χ0n) is 10.5. The number of nitrogens with one attached hydrogen (secondary N) is 1. The van der Waals surface area contributed by atoms with Gasteiger partial charge in [0.1, 0.15) is 0 Å². The number of non-ortho nitro benzene ring substituents is 1. The third-order valence-corrected chi connectivity index (χ3v) is 3.22. The molecule has 0 atom stereocenters. The van der Waals surface area contributed by atoms with Crippen LogP contribution < -0.4 is 5.32 Å². The smallest absolute Gasteiger partial charge is 0.271 e. The zero-order chi connectivity index (χ0) is 13.9. The highest BCUT2D eigenvalue weighted by Crippen LogP contribution is 2.29. The van der Waals surface area contributed by atoms with Gasteiger partial charge in [0.2, 0.25) is 5.91 Å². The van der Waals surface area contributed by atoms with E-state index in [9.17, 15) is 14.9 Å². The molecule has 0 saturated carbocycles. The van der Waals surface area contributed by atoms with Crippen molar-refractivity contribution in [2.75, 3.05) is 5.32 Å². The highest BCUT2D eigenvalue weighted by Gasteiger charge is 2.26. The molecule has 1 N–H and O–H groups in total. The first-order valence-corrected chi connectivity index (χ1v) is 5.91. The van der Waals surface area contributed by atoms with Gasteiger partial charge >= 0.3 is 0 Å². The van der Waals surface area contributed by atoms with Crippen LogP contribution in [-0.4, -0.2) is 10.8 Å². The van der Waals surface area contributed by atoms with Crippen LogP contribution in [0, 0.1) is 15.5 Å². The number of hydrogen-bond donors (Lipinski definition) is 1. The summed E-state index contributed by atoms with van der Waals surface area (Å²) < 4.78 is 0. The van der Waals surface area contributed by atoms with E-state index >= 15 is 0 Å². The van der Waals surface area contributed by atoms with Crippen molar-refractivity contribution in [3.05, 3.63) is 33.3 Å². The summed E-state index contributed by atoms with van der Waals surface area (Å²) in [6, 6.07) is 3.96. The van der Waals surface area contributed by atoms with Crippen LogP contribution in [0.2, 0.25) is 5.02 Å². The molecule has 5 nitrogen and oxygen atoms in total. The van der Waals surface area contributed by atoms with E-state index in [0.29, 0.717) is 12.1 Å². The largest absolute Gasteiger partial charge is 0.324 e. The fourth-order valence-corrected chi connectivity index (χ4v) is 1.39. The van der Waals surface area contributed by atoms with E-state index < -0.39 is 10.3 Å². The first-order chi connectivity index (χ1) is 8.27. The third-order valence-electron chi connectivity index (χ3n) is 2.91. The summed E-state index contributed by atoms with van der Waals surface area (Å²) in [7, 11) is 0. The first kappa shape index (κ1) is 14.4. The minimum Gasteiger partial charge on any atom is -0.324 e. The lowest BCUT2D eigenvalue weighted by molar-refractivity contribution is -0.384. The second-order valence-electron chi connectivity index (χ2n) is 4.61. The number of nitro benzene ring substituents is 1. The first-order valence-electron chi connectivity index (χ1n) is 5.53. The molecular formula is C12H15ClN2O3. The van der Waals surface area contributed by atoms with Crippen LogP contribution in [0.25, 0.3) is 0 Å². The van der Waals surface area contributed by atoms with Gasteiger partial charge in [-0.15, -0.1) is 0 Å². The lowest BCUT2D eigenvalue weighted by atomic mass is 9.89. The fourth-order valence-electron chi connectivity index (χ4n) is 1.17. The number of nitrogens with zero attached hydrogens (tertiary/aromatic N) is 1. The quantitative estimate of drug-likeness (QED) is 0.671. The summed E-state index contributed by atoms with van der Waals surface area (Å²) in [5.74, 6) is -0.166. The van der Waals surface area contributed by atoms with Gasteiger partial charge in [-0.3, -0.25) is 14.9 Å². The summed E-state index contributed by atoms with van der Waals surface area (Å²) in [5, 5.41) is 13.4. The predicted molar refractivity (Wildman–Crippen MR) is 70.8 cm³/mol. The molecule has 0 unspecified atom stereocenters.